The summed E-state index contributed by atoms with van der Waals surface area (Å²) in [7, 11) is 1.51. The highest BCUT2D eigenvalue weighted by Crippen LogP contribution is 2.37. The lowest BCUT2D eigenvalue weighted by Gasteiger charge is -2.22. The molecule has 10 nitrogen and oxygen atoms in total. The van der Waals surface area contributed by atoms with Crippen molar-refractivity contribution in [1.29, 1.82) is 0 Å². The van der Waals surface area contributed by atoms with Gasteiger partial charge < -0.3 is 25.3 Å². The van der Waals surface area contributed by atoms with E-state index in [0.29, 0.717) is 27.6 Å². The largest absolute Gasteiger partial charge is 0.495 e. The van der Waals surface area contributed by atoms with Crippen molar-refractivity contribution in [3.05, 3.63) is 106 Å². The average molecular weight is 617 g/mol. The summed E-state index contributed by atoms with van der Waals surface area (Å²) >= 11 is 1.07. The quantitative estimate of drug-likeness (QED) is 0.201. The number of benzene rings is 3. The molecule has 0 saturated carbocycles. The van der Waals surface area contributed by atoms with Crippen LogP contribution in [-0.4, -0.2) is 35.7 Å². The molecule has 0 aliphatic rings. The Bertz CT molecular complexity index is 1600. The van der Waals surface area contributed by atoms with Gasteiger partial charge in [0.2, 0.25) is 5.13 Å². The van der Waals surface area contributed by atoms with E-state index in [1.807, 2.05) is 30.3 Å². The Morgan fingerprint density at radius 1 is 0.955 bits per heavy atom. The molecule has 0 saturated heterocycles. The van der Waals surface area contributed by atoms with Crippen molar-refractivity contribution >= 4 is 40.1 Å². The topological polar surface area (TPSA) is 133 Å². The third-order valence-corrected chi connectivity index (χ3v) is 7.49. The van der Waals surface area contributed by atoms with Crippen LogP contribution in [0.2, 0.25) is 0 Å². The third kappa shape index (κ3) is 8.21. The fourth-order valence-corrected chi connectivity index (χ4v) is 5.16. The number of rotatable bonds is 10. The van der Waals surface area contributed by atoms with E-state index >= 15 is 0 Å². The van der Waals surface area contributed by atoms with Crippen LogP contribution in [0.25, 0.3) is 0 Å². The van der Waals surface area contributed by atoms with Crippen LogP contribution in [0.1, 0.15) is 58.9 Å². The van der Waals surface area contributed by atoms with Crippen molar-refractivity contribution in [2.45, 2.75) is 52.5 Å². The number of carbonyl (C=O) groups is 3. The Morgan fingerprint density at radius 2 is 1.61 bits per heavy atom. The van der Waals surface area contributed by atoms with Gasteiger partial charge in [0, 0.05) is 6.54 Å². The number of amides is 2. The maximum atomic E-state index is 13.4. The van der Waals surface area contributed by atoms with Gasteiger partial charge in [0.25, 0.3) is 5.91 Å². The summed E-state index contributed by atoms with van der Waals surface area (Å²) < 4.78 is 16.5. The first-order valence-electron chi connectivity index (χ1n) is 13.9. The number of methoxy groups -OCH3 is 1. The highest BCUT2D eigenvalue weighted by molar-refractivity contribution is 7.17. The second kappa shape index (κ2) is 14.2. The predicted octanol–water partition coefficient (Wildman–Crippen LogP) is 6.21. The molecule has 3 N–H and O–H groups in total. The molecule has 0 aliphatic carbocycles. The molecule has 2 amide bonds. The molecule has 230 valence electrons. The summed E-state index contributed by atoms with van der Waals surface area (Å²) in [4.78, 5) is 45.2. The molecule has 3 aromatic carbocycles. The van der Waals surface area contributed by atoms with Crippen molar-refractivity contribution in [2.24, 2.45) is 5.73 Å². The molecule has 1 unspecified atom stereocenters. The monoisotopic (exact) mass is 616 g/mol. The molecule has 0 fully saturated rings. The molecular weight excluding hydrogens is 580 g/mol. The van der Waals surface area contributed by atoms with Crippen molar-refractivity contribution in [1.82, 2.24) is 10.3 Å². The summed E-state index contributed by atoms with van der Waals surface area (Å²) in [5, 5.41) is 3.16. The van der Waals surface area contributed by atoms with Gasteiger partial charge in [0.15, 0.2) is 0 Å². The fraction of sp³-hybridized carbons (Fsp3) is 0.273. The normalized spacial score (nSPS) is 11.8. The average Bonchev–Trinajstić information content (AvgIpc) is 3.39. The lowest BCUT2D eigenvalue weighted by Crippen LogP contribution is -2.31. The van der Waals surface area contributed by atoms with E-state index in [1.54, 1.807) is 76.2 Å². The zero-order chi connectivity index (χ0) is 31.9. The smallest absolute Gasteiger partial charge is 0.421 e. The number of ether oxygens (including phenoxy) is 3. The number of nitrogens with one attached hydrogen (secondary N) is 1. The molecule has 0 aliphatic heterocycles. The predicted molar refractivity (Wildman–Crippen MR) is 169 cm³/mol. The van der Waals surface area contributed by atoms with E-state index in [9.17, 15) is 14.4 Å². The molecule has 4 rings (SSSR count). The summed E-state index contributed by atoms with van der Waals surface area (Å²) in [5.41, 5.74) is 8.56. The first kappa shape index (κ1) is 32.2. The number of hydrogen-bond acceptors (Lipinski definition) is 9. The van der Waals surface area contributed by atoms with Crippen LogP contribution < -0.4 is 20.7 Å². The minimum absolute atomic E-state index is 0.0600. The van der Waals surface area contributed by atoms with Crippen LogP contribution in [0, 0.1) is 6.92 Å². The van der Waals surface area contributed by atoms with E-state index in [4.69, 9.17) is 19.9 Å². The van der Waals surface area contributed by atoms with E-state index in [2.05, 4.69) is 10.3 Å². The zero-order valence-corrected chi connectivity index (χ0v) is 26.1. The molecule has 11 heteroatoms. The van der Waals surface area contributed by atoms with Gasteiger partial charge in [-0.25, -0.2) is 19.5 Å². The number of esters is 1. The maximum absolute atomic E-state index is 13.4. The number of nitrogens with zero attached hydrogens (tertiary/aromatic N) is 2. The first-order valence-corrected chi connectivity index (χ1v) is 14.7. The van der Waals surface area contributed by atoms with Gasteiger partial charge in [-0.05, 0) is 56.5 Å². The number of hydrogen-bond donors (Lipinski definition) is 2. The summed E-state index contributed by atoms with van der Waals surface area (Å²) in [6, 6.07) is 22.5. The van der Waals surface area contributed by atoms with Crippen molar-refractivity contribution in [3.63, 3.8) is 0 Å². The van der Waals surface area contributed by atoms with Gasteiger partial charge in [0.1, 0.15) is 28.9 Å². The van der Waals surface area contributed by atoms with Gasteiger partial charge in [-0.15, -0.1) is 0 Å². The summed E-state index contributed by atoms with van der Waals surface area (Å²) in [6.07, 6.45) is -0.663. The number of anilines is 2. The molecule has 1 atom stereocenters. The number of carbonyl (C=O) groups excluding carboxylic acids is 3. The SMILES string of the molecule is COc1ccccc1N(C(=O)OCc1ccccc1)c1nc(C)c(C(=O)NCc2ccc(C(N)C(=O)OC(C)(C)C)cc2)s1. The van der Waals surface area contributed by atoms with Crippen LogP contribution in [0.3, 0.4) is 0 Å². The Labute approximate surface area is 260 Å². The summed E-state index contributed by atoms with van der Waals surface area (Å²) in [6.45, 7) is 7.34. The number of nitrogens with two attached hydrogens (primary N) is 1. The Balaban J connectivity index is 1.49. The van der Waals surface area contributed by atoms with E-state index in [0.717, 1.165) is 22.5 Å². The van der Waals surface area contributed by atoms with E-state index in [1.165, 1.54) is 12.0 Å². The standard InChI is InChI=1S/C33H36N4O6S/c1-21-28(29(38)35-19-22-15-17-24(18-16-22)27(34)30(39)43-33(2,3)4)44-31(36-21)37(25-13-9-10-14-26(25)41-5)32(40)42-20-23-11-7-6-8-12-23/h6-18,27H,19-20,34H2,1-5H3,(H,35,38). The number of aromatic nitrogens is 1. The van der Waals surface area contributed by atoms with Gasteiger partial charge >= 0.3 is 12.1 Å². The number of para-hydroxylation sites is 2. The van der Waals surface area contributed by atoms with Gasteiger partial charge in [-0.2, -0.15) is 0 Å². The second-order valence-electron chi connectivity index (χ2n) is 10.9. The lowest BCUT2D eigenvalue weighted by atomic mass is 10.0. The van der Waals surface area contributed by atoms with Gasteiger partial charge in [-0.3, -0.25) is 4.79 Å². The molecule has 0 radical (unpaired) electrons. The van der Waals surface area contributed by atoms with Crippen LogP contribution in [0.15, 0.2) is 78.9 Å². The third-order valence-electron chi connectivity index (χ3n) is 6.35. The second-order valence-corrected chi connectivity index (χ2v) is 11.9. The molecule has 4 aromatic rings. The zero-order valence-electron chi connectivity index (χ0n) is 25.3. The van der Waals surface area contributed by atoms with Crippen LogP contribution in [-0.2, 0) is 27.4 Å². The van der Waals surface area contributed by atoms with Gasteiger partial charge in [-0.1, -0.05) is 78.1 Å². The fourth-order valence-electron chi connectivity index (χ4n) is 4.17. The lowest BCUT2D eigenvalue weighted by molar-refractivity contribution is -0.156. The first-order chi connectivity index (χ1) is 21.0. The molecular formula is C33H36N4O6S. The van der Waals surface area contributed by atoms with Crippen molar-refractivity contribution in [2.75, 3.05) is 12.0 Å². The summed E-state index contributed by atoms with van der Waals surface area (Å²) in [5.74, 6) is -0.419. The Morgan fingerprint density at radius 3 is 2.27 bits per heavy atom. The maximum Gasteiger partial charge on any atom is 0.421 e. The minimum Gasteiger partial charge on any atom is -0.495 e. The molecule has 0 bridgehead atoms. The van der Waals surface area contributed by atoms with E-state index in [-0.39, 0.29) is 24.2 Å². The Hall–Kier alpha value is -4.74. The number of aryl methyl sites for hydroxylation is 1. The number of thiazole rings is 1. The van der Waals surface area contributed by atoms with Crippen molar-refractivity contribution < 1.29 is 28.6 Å². The van der Waals surface area contributed by atoms with Crippen LogP contribution >= 0.6 is 11.3 Å². The highest BCUT2D eigenvalue weighted by Gasteiger charge is 2.28. The minimum atomic E-state index is -0.915. The van der Waals surface area contributed by atoms with E-state index < -0.39 is 23.7 Å². The highest BCUT2D eigenvalue weighted by atomic mass is 32.1. The van der Waals surface area contributed by atoms with Crippen LogP contribution in [0.4, 0.5) is 15.6 Å². The Kier molecular flexibility index (Phi) is 10.4. The van der Waals surface area contributed by atoms with Crippen LogP contribution in [0.5, 0.6) is 5.75 Å². The van der Waals surface area contributed by atoms with Crippen molar-refractivity contribution in [3.8, 4) is 5.75 Å². The molecule has 1 heterocycles. The van der Waals surface area contributed by atoms with Gasteiger partial charge in [0.05, 0.1) is 18.5 Å². The molecule has 1 aromatic heterocycles. The molecule has 0 spiro atoms. The molecule has 44 heavy (non-hydrogen) atoms.